The number of nitrogens with zero attached hydrogens (tertiary/aromatic N) is 1. The summed E-state index contributed by atoms with van der Waals surface area (Å²) < 4.78 is 40.1. The number of allylic oxidation sites excluding steroid dienone is 5. The van der Waals surface area contributed by atoms with Crippen LogP contribution in [0.5, 0.6) is 0 Å². The largest absolute Gasteiger partial charge is 0.756 e. The Morgan fingerprint density at radius 3 is 1.97 bits per heavy atom. The number of esters is 2. The lowest BCUT2D eigenvalue weighted by Crippen LogP contribution is -2.37. The van der Waals surface area contributed by atoms with Gasteiger partial charge < -0.3 is 37.4 Å². The van der Waals surface area contributed by atoms with Crippen molar-refractivity contribution in [3.05, 3.63) is 59.1 Å². The molecular formula is C46H80NO10P. The highest BCUT2D eigenvalue weighted by molar-refractivity contribution is 7.45. The second kappa shape index (κ2) is 32.3. The molecule has 334 valence electrons. The molecule has 1 N–H and O–H groups in total. The number of aryl methyl sites for hydroxylation is 2. The third-order valence-corrected chi connectivity index (χ3v) is 10.9. The van der Waals surface area contributed by atoms with Gasteiger partial charge in [-0.1, -0.05) is 115 Å². The first-order chi connectivity index (χ1) is 27.7. The molecule has 1 rings (SSSR count). The minimum Gasteiger partial charge on any atom is -0.756 e. The van der Waals surface area contributed by atoms with E-state index in [4.69, 9.17) is 22.9 Å². The van der Waals surface area contributed by atoms with E-state index in [0.29, 0.717) is 30.3 Å². The first kappa shape index (κ1) is 53.5. The number of hydrogen-bond donors (Lipinski definition) is 1. The number of aliphatic hydroxyl groups is 1. The summed E-state index contributed by atoms with van der Waals surface area (Å²) in [7, 11) is 1.07. The predicted octanol–water partition coefficient (Wildman–Crippen LogP) is 10.1. The van der Waals surface area contributed by atoms with Crippen molar-refractivity contribution in [1.82, 2.24) is 0 Å². The Labute approximate surface area is 351 Å². The molecule has 0 bridgehead atoms. The number of ether oxygens (including phenoxy) is 2. The van der Waals surface area contributed by atoms with Crippen LogP contribution >= 0.6 is 7.82 Å². The summed E-state index contributed by atoms with van der Waals surface area (Å²) >= 11 is 0. The molecule has 0 radical (unpaired) electrons. The summed E-state index contributed by atoms with van der Waals surface area (Å²) in [5.41, 5.74) is 2.59. The van der Waals surface area contributed by atoms with Gasteiger partial charge in [-0.15, -0.1) is 0 Å². The molecule has 11 nitrogen and oxygen atoms in total. The molecule has 0 aliphatic heterocycles. The zero-order chi connectivity index (χ0) is 43.1. The Balaban J connectivity index is 2.42. The van der Waals surface area contributed by atoms with Crippen LogP contribution in [0.3, 0.4) is 0 Å². The average Bonchev–Trinajstić information content (AvgIpc) is 3.43. The molecule has 0 amide bonds. The van der Waals surface area contributed by atoms with E-state index in [2.05, 4.69) is 39.8 Å². The number of furan rings is 1. The van der Waals surface area contributed by atoms with Gasteiger partial charge in [0.2, 0.25) is 0 Å². The van der Waals surface area contributed by atoms with Gasteiger partial charge in [-0.2, -0.15) is 0 Å². The molecule has 0 fully saturated rings. The summed E-state index contributed by atoms with van der Waals surface area (Å²) in [6.07, 6.45) is 28.8. The fraction of sp³-hybridized carbons (Fsp3) is 0.739. The van der Waals surface area contributed by atoms with Crippen LogP contribution in [-0.2, 0) is 45.5 Å². The van der Waals surface area contributed by atoms with Gasteiger partial charge in [-0.25, -0.2) is 0 Å². The maximum Gasteiger partial charge on any atom is 0.306 e. The molecular weight excluding hydrogens is 757 g/mol. The molecule has 1 heterocycles. The third-order valence-electron chi connectivity index (χ3n) is 9.98. The number of hydrogen-bond acceptors (Lipinski definition) is 10. The van der Waals surface area contributed by atoms with Crippen LogP contribution in [0.25, 0.3) is 0 Å². The molecule has 0 spiro atoms. The lowest BCUT2D eigenvalue weighted by molar-refractivity contribution is -0.870. The Kier molecular flexibility index (Phi) is 29.8. The normalized spacial score (nSPS) is 14.4. The highest BCUT2D eigenvalue weighted by Crippen LogP contribution is 2.38. The predicted molar refractivity (Wildman–Crippen MR) is 231 cm³/mol. The highest BCUT2D eigenvalue weighted by Gasteiger charge is 2.22. The third kappa shape index (κ3) is 28.8. The van der Waals surface area contributed by atoms with Crippen molar-refractivity contribution in [2.75, 3.05) is 47.5 Å². The van der Waals surface area contributed by atoms with Gasteiger partial charge in [-0.05, 0) is 69.9 Å². The first-order valence-electron chi connectivity index (χ1n) is 22.2. The van der Waals surface area contributed by atoms with Gasteiger partial charge in [-0.3, -0.25) is 14.2 Å². The number of phosphoric ester groups is 1. The SMILES string of the molecule is CC/C=C/C/C=C/C=C/C(O)CCCCCCCC(=O)O[C@H](COC(=O)CCCCCCCCc1oc(CCCCC)c(C)c1C)COP(=O)([O-])OCC[N+](C)(C)C. The molecule has 0 saturated carbocycles. The average molecular weight is 838 g/mol. The van der Waals surface area contributed by atoms with Crippen LogP contribution in [0.1, 0.15) is 158 Å². The monoisotopic (exact) mass is 838 g/mol. The summed E-state index contributed by atoms with van der Waals surface area (Å²) in [5, 5.41) is 10.2. The summed E-state index contributed by atoms with van der Waals surface area (Å²) in [4.78, 5) is 37.7. The number of quaternary nitrogens is 1. The molecule has 58 heavy (non-hydrogen) atoms. The number of carbonyl (C=O) groups is 2. The topological polar surface area (TPSA) is 145 Å². The second-order valence-corrected chi connectivity index (χ2v) is 17.9. The number of aliphatic hydroxyl groups excluding tert-OH is 1. The highest BCUT2D eigenvalue weighted by atomic mass is 31.2. The van der Waals surface area contributed by atoms with Crippen LogP contribution in [0, 0.1) is 13.8 Å². The van der Waals surface area contributed by atoms with E-state index < -0.39 is 38.6 Å². The van der Waals surface area contributed by atoms with Crippen molar-refractivity contribution in [2.45, 2.75) is 175 Å². The minimum atomic E-state index is -4.67. The van der Waals surface area contributed by atoms with E-state index >= 15 is 0 Å². The van der Waals surface area contributed by atoms with Crippen LogP contribution < -0.4 is 4.89 Å². The van der Waals surface area contributed by atoms with Crippen LogP contribution in [0.2, 0.25) is 0 Å². The van der Waals surface area contributed by atoms with Crippen molar-refractivity contribution in [1.29, 1.82) is 0 Å². The van der Waals surface area contributed by atoms with Crippen LogP contribution in [-0.4, -0.2) is 81.2 Å². The molecule has 12 heteroatoms. The lowest BCUT2D eigenvalue weighted by atomic mass is 10.0. The summed E-state index contributed by atoms with van der Waals surface area (Å²) in [6.45, 7) is 8.21. The van der Waals surface area contributed by atoms with Crippen molar-refractivity contribution in [3.8, 4) is 0 Å². The number of likely N-dealkylation sites (N-methyl/N-ethyl adjacent to an activating group) is 1. The zero-order valence-corrected chi connectivity index (χ0v) is 38.2. The Bertz CT molecular complexity index is 1380. The summed E-state index contributed by atoms with van der Waals surface area (Å²) in [5.74, 6) is 1.32. The lowest BCUT2D eigenvalue weighted by Gasteiger charge is -2.28. The maximum absolute atomic E-state index is 12.7. The van der Waals surface area contributed by atoms with E-state index in [9.17, 15) is 24.2 Å². The zero-order valence-electron chi connectivity index (χ0n) is 37.3. The Morgan fingerprint density at radius 2 is 1.34 bits per heavy atom. The number of carbonyl (C=O) groups excluding carboxylic acids is 2. The molecule has 0 aliphatic rings. The van der Waals surface area contributed by atoms with Crippen LogP contribution in [0.15, 0.2) is 40.9 Å². The van der Waals surface area contributed by atoms with E-state index in [1.54, 1.807) is 6.08 Å². The van der Waals surface area contributed by atoms with Gasteiger partial charge >= 0.3 is 11.9 Å². The first-order valence-corrected chi connectivity index (χ1v) is 23.6. The number of unbranched alkanes of at least 4 members (excludes halogenated alkanes) is 11. The maximum atomic E-state index is 12.7. The molecule has 0 aliphatic carbocycles. The van der Waals surface area contributed by atoms with E-state index in [1.165, 1.54) is 30.4 Å². The van der Waals surface area contributed by atoms with Crippen molar-refractivity contribution in [3.63, 3.8) is 0 Å². The van der Waals surface area contributed by atoms with Crippen LogP contribution in [0.4, 0.5) is 0 Å². The molecule has 1 aromatic rings. The molecule has 0 saturated heterocycles. The van der Waals surface area contributed by atoms with E-state index in [0.717, 1.165) is 95.0 Å². The van der Waals surface area contributed by atoms with Gasteiger partial charge in [0.25, 0.3) is 7.82 Å². The fourth-order valence-electron chi connectivity index (χ4n) is 6.19. The fourth-order valence-corrected chi connectivity index (χ4v) is 6.92. The Hall–Kier alpha value is -2.53. The molecule has 2 unspecified atom stereocenters. The molecule has 0 aromatic carbocycles. The number of rotatable bonds is 36. The van der Waals surface area contributed by atoms with Gasteiger partial charge in [0.1, 0.15) is 31.3 Å². The van der Waals surface area contributed by atoms with E-state index in [-0.39, 0.29) is 26.1 Å². The van der Waals surface area contributed by atoms with Gasteiger partial charge in [0, 0.05) is 25.7 Å². The van der Waals surface area contributed by atoms with Gasteiger partial charge in [0.15, 0.2) is 6.10 Å². The smallest absolute Gasteiger partial charge is 0.306 e. The second-order valence-electron chi connectivity index (χ2n) is 16.5. The minimum absolute atomic E-state index is 0.0582. The molecule has 1 aromatic heterocycles. The standard InChI is InChI=1S/C46H80NO10P/c1-8-10-12-13-14-18-24-29-41(48)30-25-19-17-22-28-34-46(50)56-42(38-55-58(51,52)54-36-35-47(5,6)7)37-53-45(49)33-27-21-16-15-20-26-32-44-40(4)39(3)43(57-44)31-23-11-9-2/h10,12,14,18,24,29,41-42,48H,8-9,11,13,15-17,19-23,25-28,30-38H2,1-7H3/b12-10+,18-14+,29-24+/t41?,42-/m1/s1. The van der Waals surface area contributed by atoms with Crippen molar-refractivity contribution < 1.29 is 51.6 Å². The summed E-state index contributed by atoms with van der Waals surface area (Å²) in [6, 6.07) is 0. The van der Waals surface area contributed by atoms with E-state index in [1.807, 2.05) is 39.4 Å². The number of phosphoric acid groups is 1. The quantitative estimate of drug-likeness (QED) is 0.0173. The van der Waals surface area contributed by atoms with Crippen molar-refractivity contribution >= 4 is 19.8 Å². The Morgan fingerprint density at radius 1 is 0.759 bits per heavy atom. The molecule has 3 atom stereocenters. The van der Waals surface area contributed by atoms with Crippen molar-refractivity contribution in [2.24, 2.45) is 0 Å². The van der Waals surface area contributed by atoms with Gasteiger partial charge in [0.05, 0.1) is 33.9 Å².